The molecule has 0 radical (unpaired) electrons. The lowest BCUT2D eigenvalue weighted by molar-refractivity contribution is 0.560. The minimum atomic E-state index is 0.819. The summed E-state index contributed by atoms with van der Waals surface area (Å²) in [5.41, 5.74) is 1.06. The van der Waals surface area contributed by atoms with Crippen LogP contribution in [0.25, 0.3) is 0 Å². The highest BCUT2D eigenvalue weighted by Gasteiger charge is 1.97. The lowest BCUT2D eigenvalue weighted by Gasteiger charge is -2.07. The zero-order valence-electron chi connectivity index (χ0n) is 13.0. The van der Waals surface area contributed by atoms with Crippen LogP contribution in [0, 0.1) is 0 Å². The predicted molar refractivity (Wildman–Crippen MR) is 91.8 cm³/mol. The first-order valence-electron chi connectivity index (χ1n) is 8.33. The molecule has 114 valence electrons. The Hall–Kier alpha value is -0.690. The van der Waals surface area contributed by atoms with E-state index in [1.807, 2.05) is 24.3 Å². The molecule has 20 heavy (non-hydrogen) atoms. The van der Waals surface area contributed by atoms with Crippen LogP contribution >= 0.6 is 11.6 Å². The average molecular weight is 296 g/mol. The molecule has 0 atom stereocenters. The molecule has 1 N–H and O–H groups in total. The third-order valence-electron chi connectivity index (χ3n) is 3.72. The summed E-state index contributed by atoms with van der Waals surface area (Å²) in [6.07, 6.45) is 13.8. The van der Waals surface area contributed by atoms with Gasteiger partial charge in [-0.05, 0) is 18.6 Å². The van der Waals surface area contributed by atoms with Crippen LogP contribution < -0.4 is 5.32 Å². The van der Waals surface area contributed by atoms with E-state index in [9.17, 15) is 0 Å². The first kappa shape index (κ1) is 17.4. The Morgan fingerprint density at radius 1 is 0.800 bits per heavy atom. The minimum Gasteiger partial charge on any atom is -0.384 e. The van der Waals surface area contributed by atoms with Crippen molar-refractivity contribution in [1.29, 1.82) is 0 Å². The van der Waals surface area contributed by atoms with E-state index in [4.69, 9.17) is 11.6 Å². The van der Waals surface area contributed by atoms with Gasteiger partial charge < -0.3 is 5.32 Å². The van der Waals surface area contributed by atoms with Crippen LogP contribution in [0.1, 0.15) is 71.1 Å². The van der Waals surface area contributed by atoms with Gasteiger partial charge in [-0.15, -0.1) is 0 Å². The molecule has 1 rings (SSSR count). The van der Waals surface area contributed by atoms with Crippen molar-refractivity contribution < 1.29 is 0 Å². The second-order valence-electron chi connectivity index (χ2n) is 5.59. The average Bonchev–Trinajstić information content (AvgIpc) is 2.46. The number of halogens is 1. The van der Waals surface area contributed by atoms with Crippen LogP contribution in [0.15, 0.2) is 24.3 Å². The van der Waals surface area contributed by atoms with Crippen molar-refractivity contribution in [2.24, 2.45) is 0 Å². The number of hydrogen-bond acceptors (Lipinski definition) is 1. The molecular formula is C18H30ClN. The van der Waals surface area contributed by atoms with E-state index in [0.29, 0.717) is 0 Å². The van der Waals surface area contributed by atoms with Gasteiger partial charge in [0.05, 0.1) is 10.7 Å². The number of hydrogen-bond donors (Lipinski definition) is 1. The second kappa shape index (κ2) is 12.1. The highest BCUT2D eigenvalue weighted by atomic mass is 35.5. The summed E-state index contributed by atoms with van der Waals surface area (Å²) in [6.45, 7) is 3.30. The third kappa shape index (κ3) is 8.47. The molecule has 0 spiro atoms. The molecule has 0 aliphatic rings. The first-order valence-corrected chi connectivity index (χ1v) is 8.70. The second-order valence-corrected chi connectivity index (χ2v) is 6.00. The maximum atomic E-state index is 6.10. The van der Waals surface area contributed by atoms with E-state index in [-0.39, 0.29) is 0 Å². The zero-order valence-corrected chi connectivity index (χ0v) is 13.7. The summed E-state index contributed by atoms with van der Waals surface area (Å²) < 4.78 is 0. The molecule has 0 saturated heterocycles. The molecule has 0 aliphatic heterocycles. The number of unbranched alkanes of at least 4 members (excludes halogenated alkanes) is 9. The monoisotopic (exact) mass is 295 g/mol. The number of anilines is 1. The SMILES string of the molecule is CCCCCCCCCCCCNc1ccccc1Cl. The van der Waals surface area contributed by atoms with Gasteiger partial charge in [-0.3, -0.25) is 0 Å². The van der Waals surface area contributed by atoms with Crippen molar-refractivity contribution in [1.82, 2.24) is 0 Å². The Bertz CT molecular complexity index is 338. The van der Waals surface area contributed by atoms with E-state index in [1.165, 1.54) is 64.2 Å². The number of rotatable bonds is 12. The standard InChI is InChI=1S/C18H30ClN/c1-2-3-4-5-6-7-8-9-10-13-16-20-18-15-12-11-14-17(18)19/h11-12,14-15,20H,2-10,13,16H2,1H3. The zero-order chi connectivity index (χ0) is 14.5. The van der Waals surface area contributed by atoms with Crippen LogP contribution in [0.3, 0.4) is 0 Å². The van der Waals surface area contributed by atoms with Gasteiger partial charge in [-0.2, -0.15) is 0 Å². The number of para-hydroxylation sites is 1. The van der Waals surface area contributed by atoms with Crippen molar-refractivity contribution in [3.05, 3.63) is 29.3 Å². The third-order valence-corrected chi connectivity index (χ3v) is 4.05. The number of nitrogens with one attached hydrogen (secondary N) is 1. The maximum Gasteiger partial charge on any atom is 0.0637 e. The molecule has 0 heterocycles. The van der Waals surface area contributed by atoms with E-state index in [2.05, 4.69) is 12.2 Å². The Labute approximate surface area is 130 Å². The molecule has 0 fully saturated rings. The van der Waals surface area contributed by atoms with Crippen LogP contribution in [0.4, 0.5) is 5.69 Å². The largest absolute Gasteiger partial charge is 0.384 e. The number of benzene rings is 1. The highest BCUT2D eigenvalue weighted by molar-refractivity contribution is 6.33. The molecule has 0 aromatic heterocycles. The van der Waals surface area contributed by atoms with Crippen LogP contribution in [0.2, 0.25) is 5.02 Å². The molecule has 0 aliphatic carbocycles. The molecule has 1 nitrogen and oxygen atoms in total. The van der Waals surface area contributed by atoms with Gasteiger partial charge in [0.15, 0.2) is 0 Å². The molecule has 0 saturated carbocycles. The summed E-state index contributed by atoms with van der Waals surface area (Å²) in [5, 5.41) is 4.23. The van der Waals surface area contributed by atoms with Crippen molar-refractivity contribution in [2.75, 3.05) is 11.9 Å². The fraction of sp³-hybridized carbons (Fsp3) is 0.667. The van der Waals surface area contributed by atoms with E-state index in [0.717, 1.165) is 17.3 Å². The molecule has 2 heteroatoms. The van der Waals surface area contributed by atoms with Crippen LogP contribution in [-0.2, 0) is 0 Å². The fourth-order valence-electron chi connectivity index (χ4n) is 2.44. The summed E-state index contributed by atoms with van der Waals surface area (Å²) in [7, 11) is 0. The van der Waals surface area contributed by atoms with Gasteiger partial charge in [-0.25, -0.2) is 0 Å². The minimum absolute atomic E-state index is 0.819. The highest BCUT2D eigenvalue weighted by Crippen LogP contribution is 2.20. The smallest absolute Gasteiger partial charge is 0.0637 e. The molecule has 1 aromatic rings. The predicted octanol–water partition coefficient (Wildman–Crippen LogP) is 6.67. The summed E-state index contributed by atoms with van der Waals surface area (Å²) >= 11 is 6.10. The topological polar surface area (TPSA) is 12.0 Å². The molecule has 0 unspecified atom stereocenters. The molecule has 0 bridgehead atoms. The normalized spacial score (nSPS) is 10.7. The van der Waals surface area contributed by atoms with Gasteiger partial charge in [0.2, 0.25) is 0 Å². The lowest BCUT2D eigenvalue weighted by atomic mass is 10.1. The summed E-state index contributed by atoms with van der Waals surface area (Å²) in [6, 6.07) is 7.96. The van der Waals surface area contributed by atoms with Gasteiger partial charge in [0.1, 0.15) is 0 Å². The van der Waals surface area contributed by atoms with Crippen LogP contribution in [-0.4, -0.2) is 6.54 Å². The van der Waals surface area contributed by atoms with Crippen molar-refractivity contribution in [2.45, 2.75) is 71.1 Å². The van der Waals surface area contributed by atoms with Gasteiger partial charge in [-0.1, -0.05) is 88.4 Å². The molecule has 0 amide bonds. The fourth-order valence-corrected chi connectivity index (χ4v) is 2.64. The van der Waals surface area contributed by atoms with Gasteiger partial charge in [0, 0.05) is 6.54 Å². The Kier molecular flexibility index (Phi) is 10.5. The van der Waals surface area contributed by atoms with E-state index in [1.54, 1.807) is 0 Å². The Balaban J connectivity index is 1.87. The van der Waals surface area contributed by atoms with Crippen molar-refractivity contribution in [3.63, 3.8) is 0 Å². The maximum absolute atomic E-state index is 6.10. The van der Waals surface area contributed by atoms with E-state index < -0.39 is 0 Å². The van der Waals surface area contributed by atoms with Crippen molar-refractivity contribution in [3.8, 4) is 0 Å². The lowest BCUT2D eigenvalue weighted by Crippen LogP contribution is -2.01. The Morgan fingerprint density at radius 2 is 1.35 bits per heavy atom. The van der Waals surface area contributed by atoms with E-state index >= 15 is 0 Å². The summed E-state index contributed by atoms with van der Waals surface area (Å²) in [4.78, 5) is 0. The quantitative estimate of drug-likeness (QED) is 0.424. The molecular weight excluding hydrogens is 266 g/mol. The Morgan fingerprint density at radius 3 is 1.95 bits per heavy atom. The first-order chi connectivity index (χ1) is 9.84. The molecule has 1 aromatic carbocycles. The van der Waals surface area contributed by atoms with Gasteiger partial charge >= 0.3 is 0 Å². The van der Waals surface area contributed by atoms with Gasteiger partial charge in [0.25, 0.3) is 0 Å². The summed E-state index contributed by atoms with van der Waals surface area (Å²) in [5.74, 6) is 0. The van der Waals surface area contributed by atoms with Crippen LogP contribution in [0.5, 0.6) is 0 Å². The van der Waals surface area contributed by atoms with Crippen molar-refractivity contribution >= 4 is 17.3 Å².